The van der Waals surface area contributed by atoms with Gasteiger partial charge in [0, 0.05) is 32.7 Å². The Morgan fingerprint density at radius 3 is 3.11 bits per heavy atom. The number of methoxy groups -OCH3 is 1. The standard InChI is InChI=1S/C15H23NO2/c1-12-4-3-5-13(10-12)15-14(6-8-18-15)11-16-7-9-17-2/h3-5,10,14-16H,6-9,11H2,1-2H3. The van der Waals surface area contributed by atoms with Crippen LogP contribution in [0.4, 0.5) is 0 Å². The summed E-state index contributed by atoms with van der Waals surface area (Å²) in [5.41, 5.74) is 2.61. The largest absolute Gasteiger partial charge is 0.383 e. The Morgan fingerprint density at radius 1 is 1.44 bits per heavy atom. The van der Waals surface area contributed by atoms with E-state index in [0.29, 0.717) is 5.92 Å². The molecule has 1 saturated heterocycles. The third-order valence-corrected chi connectivity index (χ3v) is 3.47. The lowest BCUT2D eigenvalue weighted by Gasteiger charge is -2.19. The first-order valence-electron chi connectivity index (χ1n) is 6.69. The fourth-order valence-corrected chi connectivity index (χ4v) is 2.52. The third-order valence-electron chi connectivity index (χ3n) is 3.47. The highest BCUT2D eigenvalue weighted by molar-refractivity contribution is 5.25. The van der Waals surface area contributed by atoms with E-state index in [-0.39, 0.29) is 6.10 Å². The second-order valence-corrected chi connectivity index (χ2v) is 4.95. The molecule has 0 saturated carbocycles. The predicted molar refractivity (Wildman–Crippen MR) is 72.7 cm³/mol. The highest BCUT2D eigenvalue weighted by Crippen LogP contribution is 2.34. The van der Waals surface area contributed by atoms with Crippen LogP contribution in [0.2, 0.25) is 0 Å². The number of rotatable bonds is 6. The molecular weight excluding hydrogens is 226 g/mol. The minimum absolute atomic E-state index is 0.250. The fraction of sp³-hybridized carbons (Fsp3) is 0.600. The van der Waals surface area contributed by atoms with Crippen molar-refractivity contribution in [1.82, 2.24) is 5.32 Å². The number of benzene rings is 1. The van der Waals surface area contributed by atoms with Gasteiger partial charge in [0.15, 0.2) is 0 Å². The molecule has 1 aromatic rings. The van der Waals surface area contributed by atoms with Crippen LogP contribution in [0.15, 0.2) is 24.3 Å². The molecule has 0 radical (unpaired) electrons. The number of nitrogens with one attached hydrogen (secondary N) is 1. The second kappa shape index (κ2) is 6.88. The Morgan fingerprint density at radius 2 is 2.33 bits per heavy atom. The first-order chi connectivity index (χ1) is 8.81. The van der Waals surface area contributed by atoms with Gasteiger partial charge in [-0.1, -0.05) is 29.8 Å². The van der Waals surface area contributed by atoms with Crippen molar-refractivity contribution < 1.29 is 9.47 Å². The first-order valence-corrected chi connectivity index (χ1v) is 6.69. The van der Waals surface area contributed by atoms with E-state index in [4.69, 9.17) is 9.47 Å². The molecule has 0 spiro atoms. The van der Waals surface area contributed by atoms with Crippen molar-refractivity contribution in [2.75, 3.05) is 33.4 Å². The average Bonchev–Trinajstić information content (AvgIpc) is 2.83. The van der Waals surface area contributed by atoms with Crippen molar-refractivity contribution >= 4 is 0 Å². The molecule has 100 valence electrons. The number of aryl methyl sites for hydroxylation is 1. The van der Waals surface area contributed by atoms with Gasteiger partial charge in [0.25, 0.3) is 0 Å². The molecule has 2 atom stereocenters. The van der Waals surface area contributed by atoms with Crippen LogP contribution in [-0.4, -0.2) is 33.4 Å². The SMILES string of the molecule is COCCNCC1CCOC1c1cccc(C)c1. The lowest BCUT2D eigenvalue weighted by molar-refractivity contribution is 0.0898. The molecule has 0 aromatic heterocycles. The summed E-state index contributed by atoms with van der Waals surface area (Å²) in [4.78, 5) is 0. The summed E-state index contributed by atoms with van der Waals surface area (Å²) in [5, 5.41) is 3.44. The van der Waals surface area contributed by atoms with E-state index in [1.54, 1.807) is 7.11 Å². The molecule has 0 aliphatic carbocycles. The van der Waals surface area contributed by atoms with Gasteiger partial charge in [-0.2, -0.15) is 0 Å². The van der Waals surface area contributed by atoms with E-state index < -0.39 is 0 Å². The van der Waals surface area contributed by atoms with E-state index >= 15 is 0 Å². The Hall–Kier alpha value is -0.900. The summed E-state index contributed by atoms with van der Waals surface area (Å²) in [5.74, 6) is 0.573. The lowest BCUT2D eigenvalue weighted by Crippen LogP contribution is -2.27. The Balaban J connectivity index is 1.91. The number of ether oxygens (including phenoxy) is 2. The van der Waals surface area contributed by atoms with Crippen LogP contribution in [0.3, 0.4) is 0 Å². The van der Waals surface area contributed by atoms with Crippen LogP contribution in [-0.2, 0) is 9.47 Å². The molecule has 1 heterocycles. The average molecular weight is 249 g/mol. The van der Waals surface area contributed by atoms with E-state index in [2.05, 4.69) is 36.5 Å². The molecule has 1 aliphatic rings. The zero-order valence-electron chi connectivity index (χ0n) is 11.3. The maximum absolute atomic E-state index is 5.89. The Labute approximate surface area is 109 Å². The molecule has 0 bridgehead atoms. The minimum atomic E-state index is 0.250. The van der Waals surface area contributed by atoms with Crippen LogP contribution in [0.1, 0.15) is 23.7 Å². The van der Waals surface area contributed by atoms with E-state index in [1.165, 1.54) is 11.1 Å². The van der Waals surface area contributed by atoms with E-state index in [0.717, 1.165) is 32.7 Å². The number of hydrogen-bond acceptors (Lipinski definition) is 3. The van der Waals surface area contributed by atoms with Gasteiger partial charge in [-0.05, 0) is 18.9 Å². The molecule has 1 fully saturated rings. The van der Waals surface area contributed by atoms with E-state index in [9.17, 15) is 0 Å². The Bertz CT molecular complexity index is 367. The molecule has 0 amide bonds. The summed E-state index contributed by atoms with van der Waals surface area (Å²) < 4.78 is 10.9. The van der Waals surface area contributed by atoms with E-state index in [1.807, 2.05) is 0 Å². The van der Waals surface area contributed by atoms with Gasteiger partial charge in [0.05, 0.1) is 12.7 Å². The molecule has 3 heteroatoms. The summed E-state index contributed by atoms with van der Waals surface area (Å²) >= 11 is 0. The van der Waals surface area contributed by atoms with Crippen LogP contribution >= 0.6 is 0 Å². The Kier molecular flexibility index (Phi) is 5.17. The predicted octanol–water partition coefficient (Wildman–Crippen LogP) is 2.31. The maximum atomic E-state index is 5.89. The fourth-order valence-electron chi connectivity index (χ4n) is 2.52. The first kappa shape index (κ1) is 13.5. The summed E-state index contributed by atoms with van der Waals surface area (Å²) in [6, 6.07) is 8.65. The molecule has 1 aliphatic heterocycles. The molecule has 3 nitrogen and oxygen atoms in total. The minimum Gasteiger partial charge on any atom is -0.383 e. The van der Waals surface area contributed by atoms with Gasteiger partial charge >= 0.3 is 0 Å². The summed E-state index contributed by atoms with van der Waals surface area (Å²) in [6.45, 7) is 5.68. The van der Waals surface area contributed by atoms with Crippen molar-refractivity contribution in [1.29, 1.82) is 0 Å². The van der Waals surface area contributed by atoms with Gasteiger partial charge in [0.2, 0.25) is 0 Å². The molecule has 18 heavy (non-hydrogen) atoms. The van der Waals surface area contributed by atoms with Crippen LogP contribution in [0.25, 0.3) is 0 Å². The molecule has 1 aromatic carbocycles. The summed E-state index contributed by atoms with van der Waals surface area (Å²) in [7, 11) is 1.73. The monoisotopic (exact) mass is 249 g/mol. The van der Waals surface area contributed by atoms with Gasteiger partial charge in [0.1, 0.15) is 0 Å². The van der Waals surface area contributed by atoms with Crippen molar-refractivity contribution in [3.05, 3.63) is 35.4 Å². The lowest BCUT2D eigenvalue weighted by atomic mass is 9.94. The quantitative estimate of drug-likeness (QED) is 0.785. The normalized spacial score (nSPS) is 23.4. The zero-order chi connectivity index (χ0) is 12.8. The number of hydrogen-bond donors (Lipinski definition) is 1. The topological polar surface area (TPSA) is 30.5 Å². The third kappa shape index (κ3) is 3.55. The van der Waals surface area contributed by atoms with Crippen molar-refractivity contribution in [3.8, 4) is 0 Å². The van der Waals surface area contributed by atoms with Crippen molar-refractivity contribution in [2.24, 2.45) is 5.92 Å². The maximum Gasteiger partial charge on any atom is 0.0866 e. The smallest absolute Gasteiger partial charge is 0.0866 e. The highest BCUT2D eigenvalue weighted by Gasteiger charge is 2.29. The summed E-state index contributed by atoms with van der Waals surface area (Å²) in [6.07, 6.45) is 1.39. The van der Waals surface area contributed by atoms with Crippen LogP contribution < -0.4 is 5.32 Å². The van der Waals surface area contributed by atoms with Gasteiger partial charge < -0.3 is 14.8 Å². The molecule has 2 unspecified atom stereocenters. The van der Waals surface area contributed by atoms with Crippen molar-refractivity contribution in [3.63, 3.8) is 0 Å². The molecular formula is C15H23NO2. The second-order valence-electron chi connectivity index (χ2n) is 4.95. The van der Waals surface area contributed by atoms with Gasteiger partial charge in [-0.25, -0.2) is 0 Å². The zero-order valence-corrected chi connectivity index (χ0v) is 11.3. The highest BCUT2D eigenvalue weighted by atomic mass is 16.5. The van der Waals surface area contributed by atoms with Gasteiger partial charge in [-0.3, -0.25) is 0 Å². The molecule has 1 N–H and O–H groups in total. The van der Waals surface area contributed by atoms with Crippen LogP contribution in [0.5, 0.6) is 0 Å². The van der Waals surface area contributed by atoms with Gasteiger partial charge in [-0.15, -0.1) is 0 Å². The van der Waals surface area contributed by atoms with Crippen LogP contribution in [0, 0.1) is 12.8 Å². The van der Waals surface area contributed by atoms with Crippen molar-refractivity contribution in [2.45, 2.75) is 19.4 Å². The molecule has 2 rings (SSSR count).